The molecule has 0 fully saturated rings. The van der Waals surface area contributed by atoms with E-state index in [9.17, 15) is 4.79 Å². The second kappa shape index (κ2) is 4.06. The molecule has 0 atom stereocenters. The first-order chi connectivity index (χ1) is 7.72. The number of aromatic amines is 1. The van der Waals surface area contributed by atoms with Crippen LogP contribution in [0.3, 0.4) is 0 Å². The lowest BCUT2D eigenvalue weighted by molar-refractivity contribution is 0.103. The monoisotopic (exact) mass is 217 g/mol. The number of nitrogens with zero attached hydrogens (tertiary/aromatic N) is 1. The Kier molecular flexibility index (Phi) is 2.59. The van der Waals surface area contributed by atoms with Gasteiger partial charge in [-0.1, -0.05) is 0 Å². The molecule has 5 nitrogen and oxygen atoms in total. The van der Waals surface area contributed by atoms with Crippen molar-refractivity contribution in [3.63, 3.8) is 0 Å². The summed E-state index contributed by atoms with van der Waals surface area (Å²) in [6.07, 6.45) is 2.99. The first-order valence-electron chi connectivity index (χ1n) is 4.69. The van der Waals surface area contributed by atoms with Crippen molar-refractivity contribution in [2.75, 3.05) is 12.8 Å². The zero-order chi connectivity index (χ0) is 11.5. The number of rotatable bonds is 3. The van der Waals surface area contributed by atoms with Gasteiger partial charge in [-0.25, -0.2) is 0 Å². The molecule has 82 valence electrons. The van der Waals surface area contributed by atoms with Gasteiger partial charge < -0.3 is 10.5 Å². The molecule has 5 heteroatoms. The van der Waals surface area contributed by atoms with E-state index in [-0.39, 0.29) is 5.78 Å². The predicted octanol–water partition coefficient (Wildman–Crippen LogP) is 1.23. The number of anilines is 1. The zero-order valence-corrected chi connectivity index (χ0v) is 8.73. The fraction of sp³-hybridized carbons (Fsp3) is 0.0909. The second-order valence-corrected chi connectivity index (χ2v) is 3.27. The van der Waals surface area contributed by atoms with Crippen molar-refractivity contribution < 1.29 is 9.53 Å². The second-order valence-electron chi connectivity index (χ2n) is 3.27. The van der Waals surface area contributed by atoms with Crippen LogP contribution in [0, 0.1) is 0 Å². The minimum Gasteiger partial charge on any atom is -0.497 e. The van der Waals surface area contributed by atoms with Gasteiger partial charge in [-0.15, -0.1) is 0 Å². The number of nitrogens with two attached hydrogens (primary N) is 1. The molecule has 16 heavy (non-hydrogen) atoms. The van der Waals surface area contributed by atoms with Gasteiger partial charge in [-0.2, -0.15) is 5.10 Å². The standard InChI is InChI=1S/C11H11N3O2/c1-16-8-2-3-10(12)9(4-8)11(15)7-5-13-14-6-7/h2-6H,12H2,1H3,(H,13,14). The molecular formula is C11H11N3O2. The summed E-state index contributed by atoms with van der Waals surface area (Å²) in [7, 11) is 1.54. The van der Waals surface area contributed by atoms with Crippen molar-refractivity contribution in [2.24, 2.45) is 0 Å². The lowest BCUT2D eigenvalue weighted by Crippen LogP contribution is -2.04. The Morgan fingerprint density at radius 1 is 1.50 bits per heavy atom. The molecule has 2 aromatic rings. The predicted molar refractivity (Wildman–Crippen MR) is 59.4 cm³/mol. The number of carbonyl (C=O) groups excluding carboxylic acids is 1. The van der Waals surface area contributed by atoms with Crippen LogP contribution in [0.1, 0.15) is 15.9 Å². The minimum atomic E-state index is -0.176. The molecule has 0 saturated heterocycles. The van der Waals surface area contributed by atoms with Crippen molar-refractivity contribution >= 4 is 11.5 Å². The van der Waals surface area contributed by atoms with Crippen molar-refractivity contribution in [2.45, 2.75) is 0 Å². The van der Waals surface area contributed by atoms with E-state index >= 15 is 0 Å². The highest BCUT2D eigenvalue weighted by atomic mass is 16.5. The lowest BCUT2D eigenvalue weighted by Gasteiger charge is -2.05. The summed E-state index contributed by atoms with van der Waals surface area (Å²) in [6, 6.07) is 4.97. The van der Waals surface area contributed by atoms with Crippen LogP contribution < -0.4 is 10.5 Å². The van der Waals surface area contributed by atoms with Crippen molar-refractivity contribution in [3.8, 4) is 5.75 Å². The smallest absolute Gasteiger partial charge is 0.198 e. The van der Waals surface area contributed by atoms with Crippen molar-refractivity contribution in [3.05, 3.63) is 41.7 Å². The number of ether oxygens (including phenoxy) is 1. The van der Waals surface area contributed by atoms with Crippen LogP contribution in [0.15, 0.2) is 30.6 Å². The minimum absolute atomic E-state index is 0.176. The Morgan fingerprint density at radius 3 is 2.94 bits per heavy atom. The fourth-order valence-electron chi connectivity index (χ4n) is 1.39. The van der Waals surface area contributed by atoms with Crippen LogP contribution in [-0.2, 0) is 0 Å². The molecule has 0 saturated carbocycles. The third kappa shape index (κ3) is 1.75. The van der Waals surface area contributed by atoms with Crippen LogP contribution in [0.2, 0.25) is 0 Å². The molecule has 0 aliphatic heterocycles. The molecule has 1 aromatic carbocycles. The Balaban J connectivity index is 2.43. The fourth-order valence-corrected chi connectivity index (χ4v) is 1.39. The number of benzene rings is 1. The molecule has 1 aromatic heterocycles. The van der Waals surface area contributed by atoms with E-state index in [0.717, 1.165) is 0 Å². The van der Waals surface area contributed by atoms with Crippen LogP contribution in [0.5, 0.6) is 5.75 Å². The Labute approximate surface area is 92.2 Å². The third-order valence-electron chi connectivity index (χ3n) is 2.27. The van der Waals surface area contributed by atoms with Gasteiger partial charge in [0, 0.05) is 17.4 Å². The highest BCUT2D eigenvalue weighted by Gasteiger charge is 2.14. The van der Waals surface area contributed by atoms with Crippen LogP contribution >= 0.6 is 0 Å². The van der Waals surface area contributed by atoms with Gasteiger partial charge in [0.2, 0.25) is 0 Å². The average Bonchev–Trinajstić information content (AvgIpc) is 2.82. The Bertz CT molecular complexity index is 506. The largest absolute Gasteiger partial charge is 0.497 e. The van der Waals surface area contributed by atoms with E-state index in [1.165, 1.54) is 19.5 Å². The number of H-pyrrole nitrogens is 1. The first kappa shape index (κ1) is 10.2. The summed E-state index contributed by atoms with van der Waals surface area (Å²) >= 11 is 0. The summed E-state index contributed by atoms with van der Waals surface area (Å²) in [5, 5.41) is 6.31. The number of carbonyl (C=O) groups is 1. The van der Waals surface area contributed by atoms with Crippen LogP contribution in [0.4, 0.5) is 5.69 Å². The van der Waals surface area contributed by atoms with E-state index in [1.54, 1.807) is 18.2 Å². The van der Waals surface area contributed by atoms with E-state index in [1.807, 2.05) is 0 Å². The summed E-state index contributed by atoms with van der Waals surface area (Å²) < 4.78 is 5.05. The number of hydrogen-bond acceptors (Lipinski definition) is 4. The summed E-state index contributed by atoms with van der Waals surface area (Å²) in [4.78, 5) is 12.0. The molecule has 0 aliphatic carbocycles. The summed E-state index contributed by atoms with van der Waals surface area (Å²) in [5.41, 5.74) is 7.06. The molecule has 0 radical (unpaired) electrons. The molecule has 0 unspecified atom stereocenters. The molecule has 0 aliphatic rings. The van der Waals surface area contributed by atoms with E-state index in [0.29, 0.717) is 22.6 Å². The molecule has 0 amide bonds. The molecular weight excluding hydrogens is 206 g/mol. The summed E-state index contributed by atoms with van der Waals surface area (Å²) in [5.74, 6) is 0.422. The third-order valence-corrected chi connectivity index (χ3v) is 2.27. The van der Waals surface area contributed by atoms with Gasteiger partial charge >= 0.3 is 0 Å². The molecule has 0 bridgehead atoms. The number of ketones is 1. The lowest BCUT2D eigenvalue weighted by atomic mass is 10.0. The molecule has 3 N–H and O–H groups in total. The number of nitrogen functional groups attached to an aromatic ring is 1. The SMILES string of the molecule is COc1ccc(N)c(C(=O)c2cn[nH]c2)c1. The van der Waals surface area contributed by atoms with E-state index < -0.39 is 0 Å². The number of aromatic nitrogens is 2. The first-order valence-corrected chi connectivity index (χ1v) is 4.69. The molecule has 2 rings (SSSR count). The van der Waals surface area contributed by atoms with E-state index in [2.05, 4.69) is 10.2 Å². The maximum absolute atomic E-state index is 12.0. The van der Waals surface area contributed by atoms with Gasteiger partial charge in [0.15, 0.2) is 5.78 Å². The number of nitrogens with one attached hydrogen (secondary N) is 1. The average molecular weight is 217 g/mol. The van der Waals surface area contributed by atoms with E-state index in [4.69, 9.17) is 10.5 Å². The van der Waals surface area contributed by atoms with Crippen LogP contribution in [-0.4, -0.2) is 23.1 Å². The topological polar surface area (TPSA) is 81.0 Å². The van der Waals surface area contributed by atoms with Gasteiger partial charge in [-0.3, -0.25) is 9.89 Å². The van der Waals surface area contributed by atoms with Crippen LogP contribution in [0.25, 0.3) is 0 Å². The number of methoxy groups -OCH3 is 1. The van der Waals surface area contributed by atoms with Gasteiger partial charge in [0.25, 0.3) is 0 Å². The normalized spacial score (nSPS) is 10.1. The number of hydrogen-bond donors (Lipinski definition) is 2. The maximum atomic E-state index is 12.0. The zero-order valence-electron chi connectivity index (χ0n) is 8.73. The summed E-state index contributed by atoms with van der Waals surface area (Å²) in [6.45, 7) is 0. The highest BCUT2D eigenvalue weighted by Crippen LogP contribution is 2.21. The van der Waals surface area contributed by atoms with Gasteiger partial charge in [0.05, 0.1) is 18.9 Å². The van der Waals surface area contributed by atoms with Gasteiger partial charge in [-0.05, 0) is 18.2 Å². The Morgan fingerprint density at radius 2 is 2.31 bits per heavy atom. The highest BCUT2D eigenvalue weighted by molar-refractivity contribution is 6.12. The van der Waals surface area contributed by atoms with Crippen molar-refractivity contribution in [1.82, 2.24) is 10.2 Å². The molecule has 0 spiro atoms. The maximum Gasteiger partial charge on any atom is 0.198 e. The van der Waals surface area contributed by atoms with Crippen molar-refractivity contribution in [1.29, 1.82) is 0 Å². The molecule has 1 heterocycles. The quantitative estimate of drug-likeness (QED) is 0.598. The van der Waals surface area contributed by atoms with Gasteiger partial charge in [0.1, 0.15) is 5.75 Å². The Hall–Kier alpha value is -2.30.